The fraction of sp³-hybridized carbons (Fsp3) is 0.111. The Bertz CT molecular complexity index is 959. The fourth-order valence-corrected chi connectivity index (χ4v) is 3.33. The first-order valence-corrected chi connectivity index (χ1v) is 8.53. The summed E-state index contributed by atoms with van der Waals surface area (Å²) < 4.78 is 18.2. The van der Waals surface area contributed by atoms with Gasteiger partial charge in [0.25, 0.3) is 16.8 Å². The zero-order valence-corrected chi connectivity index (χ0v) is 14.9. The minimum atomic E-state index is -0.558. The molecule has 1 heterocycles. The smallest absolute Gasteiger partial charge is 0.293 e. The molecule has 0 unspecified atom stereocenters. The Morgan fingerprint density at radius 1 is 1.22 bits per heavy atom. The number of nitro benzene ring substituents is 1. The summed E-state index contributed by atoms with van der Waals surface area (Å²) in [7, 11) is 1.40. The minimum Gasteiger partial charge on any atom is -0.496 e. The number of carbonyl (C=O) groups is 2. The summed E-state index contributed by atoms with van der Waals surface area (Å²) in [5.74, 6) is -0.598. The number of halogens is 1. The van der Waals surface area contributed by atoms with Gasteiger partial charge in [-0.25, -0.2) is 4.39 Å². The van der Waals surface area contributed by atoms with Crippen LogP contribution >= 0.6 is 11.8 Å². The van der Waals surface area contributed by atoms with Gasteiger partial charge in [-0.2, -0.15) is 0 Å². The molecule has 0 saturated carbocycles. The molecule has 0 atom stereocenters. The Morgan fingerprint density at radius 2 is 1.93 bits per heavy atom. The third-order valence-corrected chi connectivity index (χ3v) is 4.75. The summed E-state index contributed by atoms with van der Waals surface area (Å²) in [5.41, 5.74) is 0.763. The lowest BCUT2D eigenvalue weighted by molar-refractivity contribution is -0.384. The van der Waals surface area contributed by atoms with Crippen molar-refractivity contribution in [3.63, 3.8) is 0 Å². The van der Waals surface area contributed by atoms with E-state index in [4.69, 9.17) is 4.74 Å². The van der Waals surface area contributed by atoms with E-state index in [9.17, 15) is 24.1 Å². The number of rotatable bonds is 5. The molecule has 1 aliphatic rings. The molecular formula is C18H13FN2O5S. The summed E-state index contributed by atoms with van der Waals surface area (Å²) in [6.45, 7) is 0.00829. The van der Waals surface area contributed by atoms with Crippen LogP contribution in [-0.4, -0.2) is 28.1 Å². The van der Waals surface area contributed by atoms with E-state index in [2.05, 4.69) is 0 Å². The average molecular weight is 388 g/mol. The quantitative estimate of drug-likeness (QED) is 0.437. The van der Waals surface area contributed by atoms with Gasteiger partial charge in [0.15, 0.2) is 0 Å². The highest BCUT2D eigenvalue weighted by Gasteiger charge is 2.35. The zero-order chi connectivity index (χ0) is 19.6. The van der Waals surface area contributed by atoms with Crippen LogP contribution in [0.1, 0.15) is 11.1 Å². The van der Waals surface area contributed by atoms with Gasteiger partial charge in [0, 0.05) is 17.7 Å². The number of hydrogen-bond acceptors (Lipinski definition) is 6. The summed E-state index contributed by atoms with van der Waals surface area (Å²) >= 11 is 0.732. The molecule has 1 saturated heterocycles. The Hall–Kier alpha value is -3.20. The number of nitrogens with zero attached hydrogens (tertiary/aromatic N) is 2. The number of thioether (sulfide) groups is 1. The van der Waals surface area contributed by atoms with Crippen molar-refractivity contribution in [3.05, 3.63) is 74.4 Å². The second-order valence-corrected chi connectivity index (χ2v) is 6.57. The standard InChI is InChI=1S/C18H13FN2O5S/c1-26-15-7-6-14(21(24)25)8-12(15)9-16-17(22)20(18(23)27-16)10-11-2-4-13(19)5-3-11/h2-9H,10H2,1H3/b16-9-. The first kappa shape index (κ1) is 18.6. The Morgan fingerprint density at radius 3 is 2.56 bits per heavy atom. The molecule has 27 heavy (non-hydrogen) atoms. The predicted octanol–water partition coefficient (Wildman–Crippen LogP) is 3.98. The number of methoxy groups -OCH3 is 1. The van der Waals surface area contributed by atoms with Crippen LogP contribution < -0.4 is 4.74 Å². The van der Waals surface area contributed by atoms with Gasteiger partial charge >= 0.3 is 0 Å². The van der Waals surface area contributed by atoms with E-state index < -0.39 is 21.9 Å². The van der Waals surface area contributed by atoms with E-state index in [0.29, 0.717) is 16.9 Å². The molecule has 7 nitrogen and oxygen atoms in total. The first-order valence-electron chi connectivity index (χ1n) is 7.71. The van der Waals surface area contributed by atoms with Crippen LogP contribution in [0.2, 0.25) is 0 Å². The number of carbonyl (C=O) groups excluding carboxylic acids is 2. The van der Waals surface area contributed by atoms with Gasteiger partial charge in [-0.05, 0) is 41.6 Å². The number of hydrogen-bond donors (Lipinski definition) is 0. The molecule has 0 bridgehead atoms. The highest BCUT2D eigenvalue weighted by molar-refractivity contribution is 8.18. The maximum Gasteiger partial charge on any atom is 0.293 e. The van der Waals surface area contributed by atoms with Crippen LogP contribution in [0.15, 0.2) is 47.4 Å². The van der Waals surface area contributed by atoms with E-state index in [0.717, 1.165) is 16.7 Å². The Labute approximate surface area is 157 Å². The summed E-state index contributed by atoms with van der Waals surface area (Å²) in [6, 6.07) is 9.46. The van der Waals surface area contributed by atoms with Crippen LogP contribution in [0.5, 0.6) is 5.75 Å². The molecule has 138 valence electrons. The third-order valence-electron chi connectivity index (χ3n) is 3.84. The minimum absolute atomic E-state index is 0.00829. The molecule has 0 spiro atoms. The monoisotopic (exact) mass is 388 g/mol. The SMILES string of the molecule is COc1ccc([N+](=O)[O-])cc1/C=C1\SC(=O)N(Cc2ccc(F)cc2)C1=O. The van der Waals surface area contributed by atoms with Gasteiger partial charge in [-0.15, -0.1) is 0 Å². The molecule has 0 radical (unpaired) electrons. The van der Waals surface area contributed by atoms with Gasteiger partial charge in [0.05, 0.1) is 23.5 Å². The van der Waals surface area contributed by atoms with Gasteiger partial charge < -0.3 is 4.74 Å². The van der Waals surface area contributed by atoms with Crippen LogP contribution in [0.25, 0.3) is 6.08 Å². The lowest BCUT2D eigenvalue weighted by atomic mass is 10.1. The molecule has 3 rings (SSSR count). The fourth-order valence-electron chi connectivity index (χ4n) is 2.50. The molecule has 0 aliphatic carbocycles. The van der Waals surface area contributed by atoms with Gasteiger partial charge in [-0.1, -0.05) is 12.1 Å². The molecule has 1 fully saturated rings. The summed E-state index contributed by atoms with van der Waals surface area (Å²) in [6.07, 6.45) is 1.39. The number of benzene rings is 2. The molecule has 9 heteroatoms. The van der Waals surface area contributed by atoms with Gasteiger partial charge in [0.1, 0.15) is 11.6 Å². The molecule has 2 aromatic rings. The second kappa shape index (κ2) is 7.58. The number of nitro groups is 1. The number of ether oxygens (including phenoxy) is 1. The largest absolute Gasteiger partial charge is 0.496 e. The molecule has 2 amide bonds. The number of imide groups is 1. The maximum atomic E-state index is 13.0. The molecule has 0 aromatic heterocycles. The lowest BCUT2D eigenvalue weighted by Gasteiger charge is -2.12. The van der Waals surface area contributed by atoms with Crippen molar-refractivity contribution in [1.82, 2.24) is 4.90 Å². The summed E-state index contributed by atoms with van der Waals surface area (Å²) in [4.78, 5) is 36.3. The van der Waals surface area contributed by atoms with Crippen LogP contribution in [0.3, 0.4) is 0 Å². The second-order valence-electron chi connectivity index (χ2n) is 5.58. The van der Waals surface area contributed by atoms with Crippen LogP contribution in [0.4, 0.5) is 14.9 Å². The zero-order valence-electron chi connectivity index (χ0n) is 14.0. The average Bonchev–Trinajstić information content (AvgIpc) is 2.90. The van der Waals surface area contributed by atoms with E-state index in [-0.39, 0.29) is 17.1 Å². The summed E-state index contributed by atoms with van der Waals surface area (Å²) in [5, 5.41) is 10.5. The third kappa shape index (κ3) is 3.98. The molecule has 1 aliphatic heterocycles. The topological polar surface area (TPSA) is 89.8 Å². The molecule has 2 aromatic carbocycles. The first-order chi connectivity index (χ1) is 12.9. The Kier molecular flexibility index (Phi) is 5.22. The maximum absolute atomic E-state index is 13.0. The normalized spacial score (nSPS) is 15.5. The van der Waals surface area contributed by atoms with Crippen LogP contribution in [-0.2, 0) is 11.3 Å². The number of amides is 2. The van der Waals surface area contributed by atoms with E-state index in [1.54, 1.807) is 0 Å². The number of non-ortho nitro benzene ring substituents is 1. The van der Waals surface area contributed by atoms with Crippen molar-refractivity contribution in [1.29, 1.82) is 0 Å². The van der Waals surface area contributed by atoms with Crippen molar-refractivity contribution >= 4 is 34.7 Å². The highest BCUT2D eigenvalue weighted by atomic mass is 32.2. The van der Waals surface area contributed by atoms with E-state index in [1.165, 1.54) is 55.7 Å². The van der Waals surface area contributed by atoms with E-state index >= 15 is 0 Å². The van der Waals surface area contributed by atoms with Crippen LogP contribution in [0, 0.1) is 15.9 Å². The van der Waals surface area contributed by atoms with Gasteiger partial charge in [-0.3, -0.25) is 24.6 Å². The predicted molar refractivity (Wildman–Crippen MR) is 97.6 cm³/mol. The van der Waals surface area contributed by atoms with Crippen molar-refractivity contribution in [3.8, 4) is 5.75 Å². The highest BCUT2D eigenvalue weighted by Crippen LogP contribution is 2.35. The molecular weight excluding hydrogens is 375 g/mol. The Balaban J connectivity index is 1.89. The van der Waals surface area contributed by atoms with E-state index in [1.807, 2.05) is 0 Å². The lowest BCUT2D eigenvalue weighted by Crippen LogP contribution is -2.27. The van der Waals surface area contributed by atoms with Crippen molar-refractivity contribution in [2.24, 2.45) is 0 Å². The van der Waals surface area contributed by atoms with Crippen molar-refractivity contribution in [2.75, 3.05) is 7.11 Å². The van der Waals surface area contributed by atoms with Crippen molar-refractivity contribution < 1.29 is 23.6 Å². The van der Waals surface area contributed by atoms with Crippen molar-refractivity contribution in [2.45, 2.75) is 6.54 Å². The van der Waals surface area contributed by atoms with Gasteiger partial charge in [0.2, 0.25) is 0 Å². The molecule has 0 N–H and O–H groups in total.